The molecule has 0 radical (unpaired) electrons. The van der Waals surface area contributed by atoms with E-state index in [2.05, 4.69) is 10.3 Å². The highest BCUT2D eigenvalue weighted by Crippen LogP contribution is 1.98. The zero-order valence-corrected chi connectivity index (χ0v) is 6.01. The molecule has 2 N–H and O–H groups in total. The van der Waals surface area contributed by atoms with Crippen LogP contribution in [0.2, 0.25) is 0 Å². The maximum Gasteiger partial charge on any atom is 0.160 e. The lowest BCUT2D eigenvalue weighted by atomic mass is 10.5. The van der Waals surface area contributed by atoms with E-state index in [9.17, 15) is 0 Å². The molecule has 0 aliphatic heterocycles. The van der Waals surface area contributed by atoms with E-state index < -0.39 is 0 Å². The molecule has 0 bridgehead atoms. The second-order valence-electron chi connectivity index (χ2n) is 1.29. The fourth-order valence-corrected chi connectivity index (χ4v) is 0.722. The monoisotopic (exact) mass is 148 g/mol. The van der Waals surface area contributed by atoms with Crippen LogP contribution in [0.15, 0.2) is 10.3 Å². The van der Waals surface area contributed by atoms with Crippen LogP contribution in [0.25, 0.3) is 0 Å². The average Bonchev–Trinajstić information content (AvgIpc) is 1.90. The van der Waals surface area contributed by atoms with Gasteiger partial charge in [-0.3, -0.25) is 0 Å². The van der Waals surface area contributed by atoms with Crippen molar-refractivity contribution < 1.29 is 10.4 Å². The van der Waals surface area contributed by atoms with E-state index in [1.54, 1.807) is 13.2 Å². The molecule has 0 amide bonds. The number of oxime groups is 2. The van der Waals surface area contributed by atoms with Gasteiger partial charge in [0, 0.05) is 0 Å². The van der Waals surface area contributed by atoms with Crippen LogP contribution in [0.3, 0.4) is 0 Å². The Balaban J connectivity index is 4.14. The van der Waals surface area contributed by atoms with E-state index in [0.717, 1.165) is 0 Å². The van der Waals surface area contributed by atoms with Crippen molar-refractivity contribution in [3.05, 3.63) is 0 Å². The highest BCUT2D eigenvalue weighted by atomic mass is 32.2. The fourth-order valence-electron chi connectivity index (χ4n) is 0.304. The molecule has 0 rings (SSSR count). The van der Waals surface area contributed by atoms with E-state index in [4.69, 9.17) is 10.4 Å². The van der Waals surface area contributed by atoms with Gasteiger partial charge in [0.25, 0.3) is 0 Å². The van der Waals surface area contributed by atoms with E-state index in [1.165, 1.54) is 11.8 Å². The molecule has 0 spiro atoms. The van der Waals surface area contributed by atoms with Crippen molar-refractivity contribution >= 4 is 22.5 Å². The fraction of sp³-hybridized carbons (Fsp3) is 0.500. The normalized spacial score (nSPS) is 14.0. The van der Waals surface area contributed by atoms with Gasteiger partial charge >= 0.3 is 0 Å². The molecule has 0 fully saturated rings. The van der Waals surface area contributed by atoms with Gasteiger partial charge in [-0.15, -0.1) is 11.8 Å². The third kappa shape index (κ3) is 2.36. The average molecular weight is 148 g/mol. The van der Waals surface area contributed by atoms with Crippen LogP contribution in [0, 0.1) is 0 Å². The van der Waals surface area contributed by atoms with Crippen molar-refractivity contribution in [1.29, 1.82) is 0 Å². The Hall–Kier alpha value is -0.710. The number of hydrogen-bond acceptors (Lipinski definition) is 5. The molecule has 0 saturated carbocycles. The molecule has 0 aliphatic carbocycles. The van der Waals surface area contributed by atoms with Crippen molar-refractivity contribution in [3.8, 4) is 0 Å². The molecule has 0 heterocycles. The maximum atomic E-state index is 8.20. The SMILES string of the molecule is CSC(=NO)C(C)=NO. The number of nitrogens with zero attached hydrogens (tertiary/aromatic N) is 2. The lowest BCUT2D eigenvalue weighted by Crippen LogP contribution is -2.04. The Kier molecular flexibility index (Phi) is 3.87. The Bertz CT molecular complexity index is 144. The Labute approximate surface area is 57.2 Å². The van der Waals surface area contributed by atoms with Crippen LogP contribution in [-0.4, -0.2) is 27.4 Å². The van der Waals surface area contributed by atoms with Gasteiger partial charge in [0.1, 0.15) is 5.71 Å². The molecule has 0 aromatic rings. The highest BCUT2D eigenvalue weighted by Gasteiger charge is 2.00. The van der Waals surface area contributed by atoms with Gasteiger partial charge in [-0.1, -0.05) is 10.3 Å². The largest absolute Gasteiger partial charge is 0.411 e. The van der Waals surface area contributed by atoms with Gasteiger partial charge in [-0.05, 0) is 13.2 Å². The summed E-state index contributed by atoms with van der Waals surface area (Å²) < 4.78 is 0. The summed E-state index contributed by atoms with van der Waals surface area (Å²) >= 11 is 1.21. The molecule has 0 atom stereocenters. The third-order valence-electron chi connectivity index (χ3n) is 0.744. The zero-order valence-electron chi connectivity index (χ0n) is 5.20. The Morgan fingerprint density at radius 3 is 2.00 bits per heavy atom. The maximum absolute atomic E-state index is 8.20. The summed E-state index contributed by atoms with van der Waals surface area (Å²) in [5, 5.41) is 22.4. The van der Waals surface area contributed by atoms with Gasteiger partial charge in [-0.2, -0.15) is 0 Å². The molecule has 0 saturated heterocycles. The van der Waals surface area contributed by atoms with Gasteiger partial charge in [0.15, 0.2) is 5.04 Å². The first kappa shape index (κ1) is 8.29. The van der Waals surface area contributed by atoms with Crippen molar-refractivity contribution in [2.45, 2.75) is 6.92 Å². The molecule has 9 heavy (non-hydrogen) atoms. The number of thioether (sulfide) groups is 1. The van der Waals surface area contributed by atoms with Gasteiger partial charge in [-0.25, -0.2) is 0 Å². The van der Waals surface area contributed by atoms with Crippen molar-refractivity contribution in [3.63, 3.8) is 0 Å². The van der Waals surface area contributed by atoms with Gasteiger partial charge in [0.2, 0.25) is 0 Å². The minimum Gasteiger partial charge on any atom is -0.411 e. The number of hydrogen-bond donors (Lipinski definition) is 2. The topological polar surface area (TPSA) is 65.2 Å². The van der Waals surface area contributed by atoms with Crippen molar-refractivity contribution in [2.24, 2.45) is 10.3 Å². The van der Waals surface area contributed by atoms with Crippen molar-refractivity contribution in [2.75, 3.05) is 6.26 Å². The first-order chi connectivity index (χ1) is 4.26. The summed E-state index contributed by atoms with van der Waals surface area (Å²) in [5.41, 5.74) is 0.310. The first-order valence-corrected chi connectivity index (χ1v) is 3.43. The van der Waals surface area contributed by atoms with E-state index in [1.807, 2.05) is 0 Å². The summed E-state index contributed by atoms with van der Waals surface area (Å²) in [4.78, 5) is 0. The smallest absolute Gasteiger partial charge is 0.160 e. The predicted molar refractivity (Wildman–Crippen MR) is 37.6 cm³/mol. The molecule has 5 heteroatoms. The molecular formula is C4H8N2O2S. The first-order valence-electron chi connectivity index (χ1n) is 2.21. The van der Waals surface area contributed by atoms with Gasteiger partial charge in [0.05, 0.1) is 0 Å². The quantitative estimate of drug-likeness (QED) is 0.252. The minimum absolute atomic E-state index is 0.310. The lowest BCUT2D eigenvalue weighted by Gasteiger charge is -1.93. The van der Waals surface area contributed by atoms with E-state index in [0.29, 0.717) is 10.8 Å². The van der Waals surface area contributed by atoms with E-state index in [-0.39, 0.29) is 0 Å². The van der Waals surface area contributed by atoms with Crippen LogP contribution < -0.4 is 0 Å². The molecule has 52 valence electrons. The molecule has 0 aromatic carbocycles. The predicted octanol–water partition coefficient (Wildman–Crippen LogP) is 0.987. The molecule has 0 unspecified atom stereocenters. The minimum atomic E-state index is 0.310. The second kappa shape index (κ2) is 4.20. The Morgan fingerprint density at radius 1 is 1.33 bits per heavy atom. The van der Waals surface area contributed by atoms with Crippen molar-refractivity contribution in [1.82, 2.24) is 0 Å². The molecule has 4 nitrogen and oxygen atoms in total. The van der Waals surface area contributed by atoms with Crippen LogP contribution >= 0.6 is 11.8 Å². The standard InChI is InChI=1S/C4H8N2O2S/c1-3(5-7)4(6-8)9-2/h7-8H,1-2H3. The highest BCUT2D eigenvalue weighted by molar-refractivity contribution is 8.15. The summed E-state index contributed by atoms with van der Waals surface area (Å²) in [5.74, 6) is 0. The summed E-state index contributed by atoms with van der Waals surface area (Å²) in [6.07, 6.45) is 1.73. The summed E-state index contributed by atoms with van der Waals surface area (Å²) in [6, 6.07) is 0. The summed E-state index contributed by atoms with van der Waals surface area (Å²) in [6.45, 7) is 1.55. The van der Waals surface area contributed by atoms with Crippen LogP contribution in [0.1, 0.15) is 6.92 Å². The second-order valence-corrected chi connectivity index (χ2v) is 2.09. The summed E-state index contributed by atoms with van der Waals surface area (Å²) in [7, 11) is 0. The molecular weight excluding hydrogens is 140 g/mol. The molecule has 0 aromatic heterocycles. The lowest BCUT2D eigenvalue weighted by molar-refractivity contribution is 0.315. The van der Waals surface area contributed by atoms with Crippen LogP contribution in [0.4, 0.5) is 0 Å². The van der Waals surface area contributed by atoms with Gasteiger partial charge < -0.3 is 10.4 Å². The van der Waals surface area contributed by atoms with Crippen LogP contribution in [0.5, 0.6) is 0 Å². The van der Waals surface area contributed by atoms with Crippen LogP contribution in [-0.2, 0) is 0 Å². The zero-order chi connectivity index (χ0) is 7.28. The number of rotatable bonds is 1. The third-order valence-corrected chi connectivity index (χ3v) is 1.51. The Morgan fingerprint density at radius 2 is 1.89 bits per heavy atom. The van der Waals surface area contributed by atoms with E-state index >= 15 is 0 Å². The molecule has 0 aliphatic rings.